The standard InChI is InChI=1S/C12H20/c1-5-6-9-12(4)10-7-8-11(2)3/h6,8,12H,1,7,9-10H2,2-4H3/t12-/m1/s1. The minimum Gasteiger partial charge on any atom is -0.133 e. The minimum absolute atomic E-state index is 0.759. The second-order valence-electron chi connectivity index (χ2n) is 3.61. The molecule has 0 spiro atoms. The first-order valence-electron chi connectivity index (χ1n) is 4.64. The Balaban J connectivity index is 3.50. The zero-order valence-corrected chi connectivity index (χ0v) is 8.56. The SMILES string of the molecule is C=C=CC[C@@H](C)CCC=C(C)C. The highest BCUT2D eigenvalue weighted by Crippen LogP contribution is 2.11. The Morgan fingerprint density at radius 3 is 2.67 bits per heavy atom. The quantitative estimate of drug-likeness (QED) is 0.424. The molecule has 0 aromatic rings. The monoisotopic (exact) mass is 164 g/mol. The topological polar surface area (TPSA) is 0 Å². The van der Waals surface area contributed by atoms with Gasteiger partial charge in [-0.1, -0.05) is 25.2 Å². The van der Waals surface area contributed by atoms with Crippen LogP contribution in [0.1, 0.15) is 40.0 Å². The first kappa shape index (κ1) is 11.3. The normalized spacial score (nSPS) is 11.6. The molecule has 0 nitrogen and oxygen atoms in total. The lowest BCUT2D eigenvalue weighted by atomic mass is 10.0. The highest BCUT2D eigenvalue weighted by Gasteiger charge is 1.96. The predicted octanol–water partition coefficient (Wildman–Crippen LogP) is 4.10. The molecule has 0 N–H and O–H groups in total. The minimum atomic E-state index is 0.759. The van der Waals surface area contributed by atoms with Gasteiger partial charge in [0, 0.05) is 0 Å². The second-order valence-corrected chi connectivity index (χ2v) is 3.61. The zero-order chi connectivity index (χ0) is 9.40. The van der Waals surface area contributed by atoms with Crippen molar-refractivity contribution in [2.45, 2.75) is 40.0 Å². The fourth-order valence-corrected chi connectivity index (χ4v) is 1.06. The van der Waals surface area contributed by atoms with Crippen LogP contribution in [0.2, 0.25) is 0 Å². The number of rotatable bonds is 5. The van der Waals surface area contributed by atoms with Gasteiger partial charge in [-0.3, -0.25) is 0 Å². The number of hydrogen-bond donors (Lipinski definition) is 0. The van der Waals surface area contributed by atoms with E-state index in [0.29, 0.717) is 0 Å². The molecule has 0 aliphatic rings. The molecule has 0 aliphatic heterocycles. The van der Waals surface area contributed by atoms with Gasteiger partial charge in [0.2, 0.25) is 0 Å². The van der Waals surface area contributed by atoms with Crippen LogP contribution in [0.4, 0.5) is 0 Å². The summed E-state index contributed by atoms with van der Waals surface area (Å²) in [5, 5.41) is 0. The first-order chi connectivity index (χ1) is 5.66. The Bertz CT molecular complexity index is 176. The summed E-state index contributed by atoms with van der Waals surface area (Å²) in [6.07, 6.45) is 7.90. The number of allylic oxidation sites excluding steroid dienone is 3. The van der Waals surface area contributed by atoms with Gasteiger partial charge < -0.3 is 0 Å². The van der Waals surface area contributed by atoms with Gasteiger partial charge in [-0.05, 0) is 45.1 Å². The molecule has 0 heterocycles. The summed E-state index contributed by atoms with van der Waals surface area (Å²) in [5.74, 6) is 0.759. The molecular weight excluding hydrogens is 144 g/mol. The second kappa shape index (κ2) is 6.94. The molecule has 0 aromatic carbocycles. The van der Waals surface area contributed by atoms with Crippen LogP contribution in [0.15, 0.2) is 30.0 Å². The van der Waals surface area contributed by atoms with Gasteiger partial charge >= 0.3 is 0 Å². The maximum Gasteiger partial charge on any atom is -0.0249 e. The molecule has 68 valence electrons. The number of hydrogen-bond acceptors (Lipinski definition) is 0. The Morgan fingerprint density at radius 1 is 1.50 bits per heavy atom. The van der Waals surface area contributed by atoms with Gasteiger partial charge in [0.05, 0.1) is 0 Å². The van der Waals surface area contributed by atoms with Crippen molar-refractivity contribution in [1.29, 1.82) is 0 Å². The fraction of sp³-hybridized carbons (Fsp3) is 0.583. The lowest BCUT2D eigenvalue weighted by molar-refractivity contribution is 0.546. The molecule has 0 fully saturated rings. The van der Waals surface area contributed by atoms with E-state index in [2.05, 4.69) is 39.2 Å². The van der Waals surface area contributed by atoms with Gasteiger partial charge in [0.25, 0.3) is 0 Å². The molecule has 0 aliphatic carbocycles. The van der Waals surface area contributed by atoms with Gasteiger partial charge in [-0.2, -0.15) is 0 Å². The predicted molar refractivity (Wildman–Crippen MR) is 56.2 cm³/mol. The summed E-state index contributed by atoms with van der Waals surface area (Å²) < 4.78 is 0. The average Bonchev–Trinajstić information content (AvgIpc) is 2.00. The smallest absolute Gasteiger partial charge is 0.0249 e. The summed E-state index contributed by atoms with van der Waals surface area (Å²) in [7, 11) is 0. The van der Waals surface area contributed by atoms with Crippen molar-refractivity contribution in [3.63, 3.8) is 0 Å². The molecule has 0 unspecified atom stereocenters. The lowest BCUT2D eigenvalue weighted by Gasteiger charge is -2.05. The third-order valence-corrected chi connectivity index (χ3v) is 1.88. The molecule has 0 aromatic heterocycles. The van der Waals surface area contributed by atoms with Crippen molar-refractivity contribution in [3.05, 3.63) is 30.0 Å². The van der Waals surface area contributed by atoms with E-state index in [1.54, 1.807) is 0 Å². The summed E-state index contributed by atoms with van der Waals surface area (Å²) in [6.45, 7) is 10.1. The van der Waals surface area contributed by atoms with E-state index < -0.39 is 0 Å². The maximum absolute atomic E-state index is 3.55. The molecule has 0 bridgehead atoms. The zero-order valence-electron chi connectivity index (χ0n) is 8.56. The maximum atomic E-state index is 3.55. The van der Waals surface area contributed by atoms with E-state index in [4.69, 9.17) is 0 Å². The van der Waals surface area contributed by atoms with Crippen LogP contribution < -0.4 is 0 Å². The van der Waals surface area contributed by atoms with Crippen LogP contribution in [0.3, 0.4) is 0 Å². The van der Waals surface area contributed by atoms with E-state index in [1.807, 2.05) is 6.08 Å². The third kappa shape index (κ3) is 7.37. The molecule has 1 atom stereocenters. The Morgan fingerprint density at radius 2 is 2.17 bits per heavy atom. The Kier molecular flexibility index (Phi) is 6.51. The van der Waals surface area contributed by atoms with Gasteiger partial charge in [-0.15, -0.1) is 5.73 Å². The lowest BCUT2D eigenvalue weighted by Crippen LogP contribution is -1.90. The molecular formula is C12H20. The van der Waals surface area contributed by atoms with Crippen molar-refractivity contribution in [1.82, 2.24) is 0 Å². The molecule has 0 saturated heterocycles. The van der Waals surface area contributed by atoms with E-state index in [0.717, 1.165) is 12.3 Å². The first-order valence-corrected chi connectivity index (χ1v) is 4.64. The molecule has 0 rings (SSSR count). The van der Waals surface area contributed by atoms with E-state index in [1.165, 1.54) is 18.4 Å². The van der Waals surface area contributed by atoms with Crippen LogP contribution in [0.5, 0.6) is 0 Å². The van der Waals surface area contributed by atoms with Gasteiger partial charge in [0.15, 0.2) is 0 Å². The molecule has 0 saturated carbocycles. The van der Waals surface area contributed by atoms with Gasteiger partial charge in [-0.25, -0.2) is 0 Å². The van der Waals surface area contributed by atoms with Crippen LogP contribution in [0.25, 0.3) is 0 Å². The van der Waals surface area contributed by atoms with Crippen molar-refractivity contribution in [3.8, 4) is 0 Å². The molecule has 0 amide bonds. The van der Waals surface area contributed by atoms with E-state index >= 15 is 0 Å². The largest absolute Gasteiger partial charge is 0.133 e. The van der Waals surface area contributed by atoms with E-state index in [-0.39, 0.29) is 0 Å². The van der Waals surface area contributed by atoms with Crippen LogP contribution >= 0.6 is 0 Å². The van der Waals surface area contributed by atoms with E-state index in [9.17, 15) is 0 Å². The van der Waals surface area contributed by atoms with Gasteiger partial charge in [0.1, 0.15) is 0 Å². The van der Waals surface area contributed by atoms with Crippen molar-refractivity contribution in [2.24, 2.45) is 5.92 Å². The van der Waals surface area contributed by atoms with Crippen LogP contribution in [-0.4, -0.2) is 0 Å². The Labute approximate surface area is 76.7 Å². The summed E-state index contributed by atoms with van der Waals surface area (Å²) >= 11 is 0. The summed E-state index contributed by atoms with van der Waals surface area (Å²) in [4.78, 5) is 0. The molecule has 0 heteroatoms. The molecule has 0 radical (unpaired) electrons. The highest BCUT2D eigenvalue weighted by molar-refractivity contribution is 4.93. The summed E-state index contributed by atoms with van der Waals surface area (Å²) in [6, 6.07) is 0. The fourth-order valence-electron chi connectivity index (χ4n) is 1.06. The average molecular weight is 164 g/mol. The summed E-state index contributed by atoms with van der Waals surface area (Å²) in [5.41, 5.74) is 4.23. The van der Waals surface area contributed by atoms with Crippen molar-refractivity contribution >= 4 is 0 Å². The van der Waals surface area contributed by atoms with Crippen LogP contribution in [0, 0.1) is 5.92 Å². The highest BCUT2D eigenvalue weighted by atomic mass is 14.0. The third-order valence-electron chi connectivity index (χ3n) is 1.88. The van der Waals surface area contributed by atoms with Crippen molar-refractivity contribution in [2.75, 3.05) is 0 Å². The Hall–Kier alpha value is -0.740. The molecule has 12 heavy (non-hydrogen) atoms. The van der Waals surface area contributed by atoms with Crippen LogP contribution in [-0.2, 0) is 0 Å². The van der Waals surface area contributed by atoms with Crippen molar-refractivity contribution < 1.29 is 0 Å².